The van der Waals surface area contributed by atoms with Gasteiger partial charge in [0.25, 0.3) is 0 Å². The maximum atomic E-state index is 12.2. The summed E-state index contributed by atoms with van der Waals surface area (Å²) in [7, 11) is -3.53. The maximum absolute atomic E-state index is 12.2. The Kier molecular flexibility index (Phi) is 4.17. The van der Waals surface area contributed by atoms with Crippen molar-refractivity contribution in [3.05, 3.63) is 48.0 Å². The van der Waals surface area contributed by atoms with Crippen LogP contribution in [-0.2, 0) is 16.4 Å². The van der Waals surface area contributed by atoms with Gasteiger partial charge in [-0.15, -0.1) is 0 Å². The van der Waals surface area contributed by atoms with Crippen molar-refractivity contribution in [2.45, 2.75) is 24.5 Å². The minimum Gasteiger partial charge on any atom is -0.487 e. The van der Waals surface area contributed by atoms with Gasteiger partial charge in [0.05, 0.1) is 0 Å². The lowest BCUT2D eigenvalue weighted by Gasteiger charge is -2.26. The maximum Gasteiger partial charge on any atom is 0.184 e. The normalized spacial score (nSPS) is 16.9. The van der Waals surface area contributed by atoms with Crippen LogP contribution in [0.5, 0.6) is 17.2 Å². The molecule has 1 aliphatic rings. The fourth-order valence-electron chi connectivity index (χ4n) is 2.39. The summed E-state index contributed by atoms with van der Waals surface area (Å²) in [5.41, 5.74) is 0.954. The SMILES string of the molecule is CC1COc2ccc(OCc3ccccc3)c(S(C)(=O)=O)c2O1. The van der Waals surface area contributed by atoms with Crippen LogP contribution in [0.2, 0.25) is 0 Å². The van der Waals surface area contributed by atoms with Gasteiger partial charge in [0.15, 0.2) is 26.2 Å². The van der Waals surface area contributed by atoms with Crippen LogP contribution in [0.25, 0.3) is 0 Å². The summed E-state index contributed by atoms with van der Waals surface area (Å²) in [5.74, 6) is 0.931. The van der Waals surface area contributed by atoms with Crippen molar-refractivity contribution in [2.75, 3.05) is 12.9 Å². The van der Waals surface area contributed by atoms with Crippen molar-refractivity contribution in [1.29, 1.82) is 0 Å². The minimum absolute atomic E-state index is 0.0393. The van der Waals surface area contributed by atoms with Crippen LogP contribution in [0.15, 0.2) is 47.4 Å². The topological polar surface area (TPSA) is 61.8 Å². The Balaban J connectivity index is 1.98. The number of sulfone groups is 1. The Bertz CT molecular complexity index is 799. The third kappa shape index (κ3) is 3.42. The van der Waals surface area contributed by atoms with Gasteiger partial charge in [0, 0.05) is 6.26 Å². The molecule has 0 spiro atoms. The third-order valence-corrected chi connectivity index (χ3v) is 4.57. The van der Waals surface area contributed by atoms with E-state index >= 15 is 0 Å². The van der Waals surface area contributed by atoms with E-state index in [-0.39, 0.29) is 29.1 Å². The van der Waals surface area contributed by atoms with Crippen molar-refractivity contribution in [3.8, 4) is 17.2 Å². The van der Waals surface area contributed by atoms with Gasteiger partial charge in [0.1, 0.15) is 25.1 Å². The molecule has 0 bridgehead atoms. The van der Waals surface area contributed by atoms with Crippen molar-refractivity contribution in [3.63, 3.8) is 0 Å². The summed E-state index contributed by atoms with van der Waals surface area (Å²) in [6.45, 7) is 2.49. The largest absolute Gasteiger partial charge is 0.487 e. The number of benzene rings is 2. The number of hydrogen-bond donors (Lipinski definition) is 0. The van der Waals surface area contributed by atoms with Crippen LogP contribution in [-0.4, -0.2) is 27.4 Å². The highest BCUT2D eigenvalue weighted by Crippen LogP contribution is 2.43. The molecule has 0 aliphatic carbocycles. The van der Waals surface area contributed by atoms with Gasteiger partial charge in [0.2, 0.25) is 0 Å². The lowest BCUT2D eigenvalue weighted by Crippen LogP contribution is -2.27. The molecular formula is C17H18O5S. The molecule has 0 amide bonds. The zero-order chi connectivity index (χ0) is 16.4. The molecule has 23 heavy (non-hydrogen) atoms. The summed E-state index contributed by atoms with van der Waals surface area (Å²) < 4.78 is 41.4. The molecule has 2 aromatic carbocycles. The molecular weight excluding hydrogens is 316 g/mol. The minimum atomic E-state index is -3.53. The monoisotopic (exact) mass is 334 g/mol. The third-order valence-electron chi connectivity index (χ3n) is 3.44. The van der Waals surface area contributed by atoms with Crippen molar-refractivity contribution >= 4 is 9.84 Å². The standard InChI is InChI=1S/C17H18O5S/c1-12-10-20-14-8-9-15(17(16(14)22-12)23(2,18)19)21-11-13-6-4-3-5-7-13/h3-9,12H,10-11H2,1-2H3. The Morgan fingerprint density at radius 2 is 1.91 bits per heavy atom. The second-order valence-corrected chi connectivity index (χ2v) is 7.46. The molecule has 3 rings (SSSR count). The summed E-state index contributed by atoms with van der Waals surface area (Å²) in [4.78, 5) is 0.0393. The molecule has 122 valence electrons. The predicted molar refractivity (Wildman–Crippen MR) is 85.9 cm³/mol. The van der Waals surface area contributed by atoms with E-state index in [0.29, 0.717) is 12.4 Å². The highest BCUT2D eigenvalue weighted by molar-refractivity contribution is 7.91. The first-order chi connectivity index (χ1) is 10.9. The van der Waals surface area contributed by atoms with Gasteiger partial charge in [-0.3, -0.25) is 0 Å². The molecule has 2 aromatic rings. The first-order valence-electron chi connectivity index (χ1n) is 7.28. The van der Waals surface area contributed by atoms with Gasteiger partial charge in [-0.05, 0) is 24.6 Å². The molecule has 0 aromatic heterocycles. The van der Waals surface area contributed by atoms with E-state index in [9.17, 15) is 8.42 Å². The molecule has 1 unspecified atom stereocenters. The smallest absolute Gasteiger partial charge is 0.184 e. The van der Waals surface area contributed by atoms with E-state index in [1.165, 1.54) is 0 Å². The van der Waals surface area contributed by atoms with E-state index in [1.54, 1.807) is 12.1 Å². The first-order valence-corrected chi connectivity index (χ1v) is 9.17. The number of rotatable bonds is 4. The molecule has 0 radical (unpaired) electrons. The van der Waals surface area contributed by atoms with E-state index in [4.69, 9.17) is 14.2 Å². The highest BCUT2D eigenvalue weighted by Gasteiger charge is 2.29. The van der Waals surface area contributed by atoms with Crippen LogP contribution in [0.4, 0.5) is 0 Å². The average Bonchev–Trinajstić information content (AvgIpc) is 2.52. The van der Waals surface area contributed by atoms with Crippen LogP contribution < -0.4 is 14.2 Å². The summed E-state index contributed by atoms with van der Waals surface area (Å²) in [6.07, 6.45) is 0.924. The van der Waals surface area contributed by atoms with Gasteiger partial charge >= 0.3 is 0 Å². The summed E-state index contributed by atoms with van der Waals surface area (Å²) >= 11 is 0. The van der Waals surface area contributed by atoms with Crippen LogP contribution in [0, 0.1) is 0 Å². The molecule has 5 nitrogen and oxygen atoms in total. The Hall–Kier alpha value is -2.21. The Labute approximate surface area is 135 Å². The van der Waals surface area contributed by atoms with E-state index in [2.05, 4.69) is 0 Å². The molecule has 1 atom stereocenters. The Morgan fingerprint density at radius 3 is 2.61 bits per heavy atom. The quantitative estimate of drug-likeness (QED) is 0.860. The molecule has 0 fully saturated rings. The molecule has 1 heterocycles. The van der Waals surface area contributed by atoms with E-state index in [0.717, 1.165) is 11.8 Å². The van der Waals surface area contributed by atoms with Crippen molar-refractivity contribution in [1.82, 2.24) is 0 Å². The van der Waals surface area contributed by atoms with Gasteiger partial charge < -0.3 is 14.2 Å². The Morgan fingerprint density at radius 1 is 1.17 bits per heavy atom. The van der Waals surface area contributed by atoms with Gasteiger partial charge in [-0.2, -0.15) is 0 Å². The lowest BCUT2D eigenvalue weighted by molar-refractivity contribution is 0.0987. The number of ether oxygens (including phenoxy) is 3. The molecule has 1 aliphatic heterocycles. The first kappa shape index (κ1) is 15.7. The number of hydrogen-bond acceptors (Lipinski definition) is 5. The molecule has 0 saturated heterocycles. The fourth-order valence-corrected chi connectivity index (χ4v) is 3.37. The molecule has 0 saturated carbocycles. The molecule has 0 N–H and O–H groups in total. The van der Waals surface area contributed by atoms with Crippen LogP contribution in [0.3, 0.4) is 0 Å². The van der Waals surface area contributed by atoms with Gasteiger partial charge in [-0.1, -0.05) is 30.3 Å². The van der Waals surface area contributed by atoms with Gasteiger partial charge in [-0.25, -0.2) is 8.42 Å². The van der Waals surface area contributed by atoms with Crippen LogP contribution in [0.1, 0.15) is 12.5 Å². The lowest BCUT2D eigenvalue weighted by atomic mass is 10.2. The second kappa shape index (κ2) is 6.12. The zero-order valence-electron chi connectivity index (χ0n) is 13.0. The van der Waals surface area contributed by atoms with Crippen molar-refractivity contribution < 1.29 is 22.6 Å². The average molecular weight is 334 g/mol. The zero-order valence-corrected chi connectivity index (χ0v) is 13.8. The molecule has 6 heteroatoms. The second-order valence-electron chi connectivity index (χ2n) is 5.51. The van der Waals surface area contributed by atoms with E-state index in [1.807, 2.05) is 37.3 Å². The predicted octanol–water partition coefficient (Wildman–Crippen LogP) is 2.83. The van der Waals surface area contributed by atoms with Crippen LogP contribution >= 0.6 is 0 Å². The van der Waals surface area contributed by atoms with Crippen molar-refractivity contribution in [2.24, 2.45) is 0 Å². The summed E-state index contributed by atoms with van der Waals surface area (Å²) in [6, 6.07) is 12.8. The highest BCUT2D eigenvalue weighted by atomic mass is 32.2. The summed E-state index contributed by atoms with van der Waals surface area (Å²) in [5, 5.41) is 0. The fraction of sp³-hybridized carbons (Fsp3) is 0.294. The van der Waals surface area contributed by atoms with E-state index < -0.39 is 9.84 Å². The number of fused-ring (bicyclic) bond motifs is 1.